The van der Waals surface area contributed by atoms with Crippen LogP contribution in [0.3, 0.4) is 0 Å². The van der Waals surface area contributed by atoms with E-state index in [1.165, 1.54) is 17.0 Å². The zero-order valence-electron chi connectivity index (χ0n) is 13.3. The van der Waals surface area contributed by atoms with Crippen molar-refractivity contribution in [3.05, 3.63) is 47.5 Å². The lowest BCUT2D eigenvalue weighted by Crippen LogP contribution is -2.25. The zero-order chi connectivity index (χ0) is 15.1. The minimum absolute atomic E-state index is 0.319. The third-order valence-corrected chi connectivity index (χ3v) is 3.74. The minimum Gasteiger partial charge on any atom is -0.310 e. The number of hydrogen-bond acceptors (Lipinski definition) is 3. The fourth-order valence-corrected chi connectivity index (χ4v) is 2.56. The second-order valence-electron chi connectivity index (χ2n) is 5.29. The number of aryl methyl sites for hydroxylation is 2. The van der Waals surface area contributed by atoms with Gasteiger partial charge in [0.25, 0.3) is 0 Å². The van der Waals surface area contributed by atoms with Crippen molar-refractivity contribution >= 4 is 0 Å². The Morgan fingerprint density at radius 1 is 1.19 bits per heavy atom. The van der Waals surface area contributed by atoms with Crippen LogP contribution in [0, 0.1) is 0 Å². The standard InChI is InChI=1S/C17H26N4/c1-4-9-19-17(14-7-10-18-11-8-14)13-16-12-15(5-2)20-21(16)6-3/h7-8,10-12,17,19H,4-6,9,13H2,1-3H3. The van der Waals surface area contributed by atoms with Crippen molar-refractivity contribution in [1.82, 2.24) is 20.1 Å². The first-order valence-corrected chi connectivity index (χ1v) is 7.97. The van der Waals surface area contributed by atoms with E-state index >= 15 is 0 Å². The van der Waals surface area contributed by atoms with Gasteiger partial charge in [-0.3, -0.25) is 9.67 Å². The fraction of sp³-hybridized carbons (Fsp3) is 0.529. The minimum atomic E-state index is 0.319. The molecule has 114 valence electrons. The first-order chi connectivity index (χ1) is 10.3. The molecular weight excluding hydrogens is 260 g/mol. The third-order valence-electron chi connectivity index (χ3n) is 3.74. The van der Waals surface area contributed by atoms with Crippen LogP contribution in [0.2, 0.25) is 0 Å². The summed E-state index contributed by atoms with van der Waals surface area (Å²) in [5.74, 6) is 0. The molecule has 21 heavy (non-hydrogen) atoms. The van der Waals surface area contributed by atoms with Gasteiger partial charge in [-0.2, -0.15) is 5.10 Å². The maximum absolute atomic E-state index is 4.65. The van der Waals surface area contributed by atoms with Gasteiger partial charge in [0.1, 0.15) is 0 Å². The summed E-state index contributed by atoms with van der Waals surface area (Å²) in [4.78, 5) is 4.12. The van der Waals surface area contributed by atoms with Crippen LogP contribution in [0.25, 0.3) is 0 Å². The predicted molar refractivity (Wildman–Crippen MR) is 86.3 cm³/mol. The Hall–Kier alpha value is -1.68. The van der Waals surface area contributed by atoms with Crippen LogP contribution in [0.5, 0.6) is 0 Å². The molecule has 2 heterocycles. The Morgan fingerprint density at radius 2 is 1.95 bits per heavy atom. The molecule has 0 spiro atoms. The van der Waals surface area contributed by atoms with Crippen LogP contribution in [0.4, 0.5) is 0 Å². The van der Waals surface area contributed by atoms with Crippen LogP contribution in [-0.2, 0) is 19.4 Å². The van der Waals surface area contributed by atoms with E-state index in [0.717, 1.165) is 32.4 Å². The molecule has 2 aromatic heterocycles. The number of nitrogens with zero attached hydrogens (tertiary/aromatic N) is 3. The highest BCUT2D eigenvalue weighted by atomic mass is 15.3. The van der Waals surface area contributed by atoms with Crippen molar-refractivity contribution in [2.75, 3.05) is 6.54 Å². The summed E-state index contributed by atoms with van der Waals surface area (Å²) in [5.41, 5.74) is 3.77. The van der Waals surface area contributed by atoms with Crippen LogP contribution in [0.1, 0.15) is 50.2 Å². The Morgan fingerprint density at radius 3 is 2.57 bits per heavy atom. The zero-order valence-corrected chi connectivity index (χ0v) is 13.3. The molecule has 1 unspecified atom stereocenters. The number of rotatable bonds is 8. The van der Waals surface area contributed by atoms with Crippen molar-refractivity contribution in [3.63, 3.8) is 0 Å². The molecule has 2 rings (SSSR count). The van der Waals surface area contributed by atoms with Gasteiger partial charge in [0, 0.05) is 37.1 Å². The maximum atomic E-state index is 4.65. The first kappa shape index (κ1) is 15.7. The summed E-state index contributed by atoms with van der Waals surface area (Å²) in [5, 5.41) is 8.29. The van der Waals surface area contributed by atoms with Crippen molar-refractivity contribution in [2.45, 2.75) is 52.6 Å². The average Bonchev–Trinajstić information content (AvgIpc) is 2.94. The molecule has 1 atom stereocenters. The second kappa shape index (κ2) is 7.93. The van der Waals surface area contributed by atoms with Crippen LogP contribution >= 0.6 is 0 Å². The van der Waals surface area contributed by atoms with E-state index in [1.54, 1.807) is 0 Å². The molecule has 4 nitrogen and oxygen atoms in total. The molecule has 0 radical (unpaired) electrons. The highest BCUT2D eigenvalue weighted by Crippen LogP contribution is 2.19. The number of pyridine rings is 1. The third kappa shape index (κ3) is 4.14. The topological polar surface area (TPSA) is 42.7 Å². The number of aromatic nitrogens is 3. The summed E-state index contributed by atoms with van der Waals surface area (Å²) in [6, 6.07) is 6.76. The van der Waals surface area contributed by atoms with Crippen molar-refractivity contribution in [3.8, 4) is 0 Å². The smallest absolute Gasteiger partial charge is 0.0624 e. The monoisotopic (exact) mass is 286 g/mol. The Labute approximate surface area is 127 Å². The van der Waals surface area contributed by atoms with E-state index in [-0.39, 0.29) is 0 Å². The maximum Gasteiger partial charge on any atom is 0.0624 e. The largest absolute Gasteiger partial charge is 0.310 e. The van der Waals surface area contributed by atoms with Crippen molar-refractivity contribution in [2.24, 2.45) is 0 Å². The van der Waals surface area contributed by atoms with E-state index in [1.807, 2.05) is 12.4 Å². The van der Waals surface area contributed by atoms with Crippen LogP contribution in [0.15, 0.2) is 30.6 Å². The van der Waals surface area contributed by atoms with Crippen LogP contribution in [-0.4, -0.2) is 21.3 Å². The van der Waals surface area contributed by atoms with Gasteiger partial charge < -0.3 is 5.32 Å². The van der Waals surface area contributed by atoms with Gasteiger partial charge in [-0.15, -0.1) is 0 Å². The highest BCUT2D eigenvalue weighted by Gasteiger charge is 2.15. The summed E-state index contributed by atoms with van der Waals surface area (Å²) in [7, 11) is 0. The van der Waals surface area contributed by atoms with Crippen molar-refractivity contribution < 1.29 is 0 Å². The number of hydrogen-bond donors (Lipinski definition) is 1. The molecular formula is C17H26N4. The molecule has 0 aliphatic rings. The van der Waals surface area contributed by atoms with E-state index in [4.69, 9.17) is 0 Å². The highest BCUT2D eigenvalue weighted by molar-refractivity contribution is 5.20. The quantitative estimate of drug-likeness (QED) is 0.810. The molecule has 4 heteroatoms. The molecule has 0 amide bonds. The van der Waals surface area contributed by atoms with Gasteiger partial charge in [0.05, 0.1) is 5.69 Å². The van der Waals surface area contributed by atoms with Gasteiger partial charge in [-0.1, -0.05) is 13.8 Å². The molecule has 0 aromatic carbocycles. The summed E-state index contributed by atoms with van der Waals surface area (Å²) in [6.45, 7) is 8.45. The first-order valence-electron chi connectivity index (χ1n) is 7.97. The van der Waals surface area contributed by atoms with Crippen LogP contribution < -0.4 is 5.32 Å². The average molecular weight is 286 g/mol. The lowest BCUT2D eigenvalue weighted by atomic mass is 10.0. The van der Waals surface area contributed by atoms with Gasteiger partial charge in [-0.05, 0) is 50.1 Å². The molecule has 0 saturated heterocycles. The molecule has 0 aliphatic carbocycles. The van der Waals surface area contributed by atoms with Gasteiger partial charge in [0.15, 0.2) is 0 Å². The molecule has 1 N–H and O–H groups in total. The molecule has 0 bridgehead atoms. The van der Waals surface area contributed by atoms with Crippen molar-refractivity contribution in [1.29, 1.82) is 0 Å². The fourth-order valence-electron chi connectivity index (χ4n) is 2.56. The summed E-state index contributed by atoms with van der Waals surface area (Å²) < 4.78 is 2.13. The Bertz CT molecular complexity index is 533. The lowest BCUT2D eigenvalue weighted by Gasteiger charge is -2.19. The van der Waals surface area contributed by atoms with Gasteiger partial charge in [0.2, 0.25) is 0 Å². The molecule has 2 aromatic rings. The second-order valence-corrected chi connectivity index (χ2v) is 5.29. The SMILES string of the molecule is CCCNC(Cc1cc(CC)nn1CC)c1ccncc1. The van der Waals surface area contributed by atoms with E-state index in [9.17, 15) is 0 Å². The normalized spacial score (nSPS) is 12.5. The van der Waals surface area contributed by atoms with E-state index in [2.05, 4.69) is 59.1 Å². The van der Waals surface area contributed by atoms with Gasteiger partial charge >= 0.3 is 0 Å². The van der Waals surface area contributed by atoms with Gasteiger partial charge in [-0.25, -0.2) is 0 Å². The summed E-state index contributed by atoms with van der Waals surface area (Å²) in [6.07, 6.45) is 6.82. The summed E-state index contributed by atoms with van der Waals surface area (Å²) >= 11 is 0. The lowest BCUT2D eigenvalue weighted by molar-refractivity contribution is 0.502. The Kier molecular flexibility index (Phi) is 5.93. The predicted octanol–water partition coefficient (Wildman–Crippen LogP) is 3.14. The molecule has 0 aliphatic heterocycles. The van der Waals surface area contributed by atoms with E-state index < -0.39 is 0 Å². The van der Waals surface area contributed by atoms with E-state index in [0.29, 0.717) is 6.04 Å². The number of nitrogens with one attached hydrogen (secondary N) is 1. The Balaban J connectivity index is 2.20. The molecule has 0 saturated carbocycles. The molecule has 0 fully saturated rings.